The number of hydrogen-bond acceptors (Lipinski definition) is 0. The molecule has 0 bridgehead atoms. The average molecular weight is 1030 g/mol. The van der Waals surface area contributed by atoms with Crippen molar-refractivity contribution in [1.82, 2.24) is 0 Å². The fourth-order valence-corrected chi connectivity index (χ4v) is 9.68. The first-order valence-electron chi connectivity index (χ1n) is 32.2. The Balaban J connectivity index is 0.000000211. The van der Waals surface area contributed by atoms with E-state index in [2.05, 4.69) is 152 Å². The molecule has 0 saturated carbocycles. The lowest BCUT2D eigenvalue weighted by atomic mass is 9.97. The SMILES string of the molecule is Cc1cc(-c2ccccc2C)[n+](C)cc1CC(C)C.Cc1ccc(-c2ccc(CC(C)C)c[n+]2C)c(C)c1.[2H]C([2H])([2H])c1cc(-c2ccccc2C)[n+](C)cc1C([2H])([2H])C(C)C.[2H]C([2H])([2H])c1ccc(-c2ccc(C([2H])([2H])C(C)C)c[n+]2C)c(C)c1. The first-order valence-corrected chi connectivity index (χ1v) is 27.2. The third-order valence-electron chi connectivity index (χ3n) is 13.4. The lowest BCUT2D eigenvalue weighted by Gasteiger charge is -2.10. The van der Waals surface area contributed by atoms with E-state index in [1.165, 1.54) is 55.9 Å². The fraction of sp³-hybridized carbons (Fsp3) is 0.389. The Morgan fingerprint density at radius 3 is 1.25 bits per heavy atom. The van der Waals surface area contributed by atoms with Crippen LogP contribution in [0.5, 0.6) is 0 Å². The standard InChI is InChI=1S/4C18H24N/c2*1-13(2)10-16-7-9-18(19(5)12-16)17-8-6-14(3)11-15(17)4;2*1-13(2)10-16-12-19(5)18(11-15(16)4)17-9-7-6-8-14(17)3/h4*6-9,11-13H,10H2,1-5H3/q4*+1/i3D3,10D2;;4D3,10D2;. The van der Waals surface area contributed by atoms with Crippen molar-refractivity contribution in [2.24, 2.45) is 51.9 Å². The molecular weight excluding hydrogens is 921 g/mol. The average Bonchev–Trinajstić information content (AvgIpc) is 1.17. The molecular formula is C72H96N4+4. The molecule has 0 aliphatic heterocycles. The molecule has 76 heavy (non-hydrogen) atoms. The van der Waals surface area contributed by atoms with Gasteiger partial charge in [-0.3, -0.25) is 0 Å². The molecule has 4 aromatic carbocycles. The summed E-state index contributed by atoms with van der Waals surface area (Å²) in [5.74, 6) is 0.946. The van der Waals surface area contributed by atoms with Crippen LogP contribution in [0.2, 0.25) is 0 Å². The van der Waals surface area contributed by atoms with Gasteiger partial charge in [0, 0.05) is 82.5 Å². The van der Waals surface area contributed by atoms with Crippen LogP contribution >= 0.6 is 0 Å². The van der Waals surface area contributed by atoms with Crippen molar-refractivity contribution < 1.29 is 32.0 Å². The minimum Gasteiger partial charge on any atom is -0.201 e. The van der Waals surface area contributed by atoms with E-state index in [1.807, 2.05) is 99.6 Å². The van der Waals surface area contributed by atoms with Crippen molar-refractivity contribution in [2.75, 3.05) is 0 Å². The molecule has 0 fully saturated rings. The summed E-state index contributed by atoms with van der Waals surface area (Å²) >= 11 is 0. The second-order valence-corrected chi connectivity index (χ2v) is 22.3. The second kappa shape index (κ2) is 28.0. The molecule has 0 spiro atoms. The van der Waals surface area contributed by atoms with Gasteiger partial charge in [-0.15, -0.1) is 0 Å². The summed E-state index contributed by atoms with van der Waals surface area (Å²) in [6.45, 7) is 24.4. The van der Waals surface area contributed by atoms with Gasteiger partial charge in [-0.1, -0.05) is 127 Å². The van der Waals surface area contributed by atoms with E-state index in [9.17, 15) is 0 Å². The summed E-state index contributed by atoms with van der Waals surface area (Å²) in [5, 5.41) is 0. The highest BCUT2D eigenvalue weighted by Crippen LogP contribution is 2.26. The van der Waals surface area contributed by atoms with Crippen LogP contribution in [-0.2, 0) is 53.8 Å². The normalized spacial score (nSPS) is 13.7. The summed E-state index contributed by atoms with van der Waals surface area (Å²) in [5.41, 5.74) is 20.3. The largest absolute Gasteiger partial charge is 0.212 e. The molecule has 4 aromatic heterocycles. The minimum atomic E-state index is -2.37. The van der Waals surface area contributed by atoms with Gasteiger partial charge < -0.3 is 0 Å². The zero-order chi connectivity index (χ0) is 64.6. The quantitative estimate of drug-likeness (QED) is 0.108. The first kappa shape index (κ1) is 46.8. The fourth-order valence-electron chi connectivity index (χ4n) is 9.68. The molecule has 4 heteroatoms. The monoisotopic (exact) mass is 1030 g/mol. The molecule has 0 radical (unpaired) electrons. The summed E-state index contributed by atoms with van der Waals surface area (Å²) < 4.78 is 87.5. The number of aromatic nitrogens is 4. The van der Waals surface area contributed by atoms with Crippen LogP contribution in [0, 0.1) is 78.9 Å². The number of benzene rings is 4. The van der Waals surface area contributed by atoms with Crippen LogP contribution in [0.15, 0.2) is 146 Å². The predicted molar refractivity (Wildman–Crippen MR) is 324 cm³/mol. The second-order valence-electron chi connectivity index (χ2n) is 22.3. The van der Waals surface area contributed by atoms with Crippen molar-refractivity contribution in [1.29, 1.82) is 0 Å². The Morgan fingerprint density at radius 2 is 0.789 bits per heavy atom. The zero-order valence-corrected chi connectivity index (χ0v) is 49.4. The Kier molecular flexibility index (Phi) is 17.2. The summed E-state index contributed by atoms with van der Waals surface area (Å²) in [6.07, 6.45) is 7.17. The van der Waals surface area contributed by atoms with Crippen LogP contribution in [0.1, 0.15) is 136 Å². The molecule has 0 amide bonds. The maximum Gasteiger partial charge on any atom is 0.212 e. The highest BCUT2D eigenvalue weighted by atomic mass is 14.9. The third kappa shape index (κ3) is 17.3. The number of pyridine rings is 4. The highest BCUT2D eigenvalue weighted by molar-refractivity contribution is 5.64. The molecule has 8 rings (SSSR count). The van der Waals surface area contributed by atoms with Gasteiger partial charge in [-0.2, -0.15) is 0 Å². The molecule has 8 aromatic rings. The summed E-state index contributed by atoms with van der Waals surface area (Å²) in [4.78, 5) is 0. The number of hydrogen-bond donors (Lipinski definition) is 0. The van der Waals surface area contributed by atoms with Crippen LogP contribution in [0.4, 0.5) is 0 Å². The molecule has 0 aliphatic rings. The Morgan fingerprint density at radius 1 is 0.355 bits per heavy atom. The Bertz CT molecular complexity index is 3610. The van der Waals surface area contributed by atoms with Crippen molar-refractivity contribution in [2.45, 2.75) is 136 Å². The molecule has 0 aliphatic carbocycles. The van der Waals surface area contributed by atoms with Gasteiger partial charge in [0.05, 0.1) is 0 Å². The summed E-state index contributed by atoms with van der Waals surface area (Å²) in [7, 11) is 7.99. The van der Waals surface area contributed by atoms with Gasteiger partial charge in [0.15, 0.2) is 24.8 Å². The molecule has 0 N–H and O–H groups in total. The molecule has 4 nitrogen and oxygen atoms in total. The molecule has 0 atom stereocenters. The lowest BCUT2D eigenvalue weighted by molar-refractivity contribution is -0.661. The Hall–Kier alpha value is -6.52. The van der Waals surface area contributed by atoms with Crippen LogP contribution < -0.4 is 18.3 Å². The first-order chi connectivity index (χ1) is 39.9. The molecule has 400 valence electrons. The van der Waals surface area contributed by atoms with Crippen LogP contribution in [0.25, 0.3) is 45.0 Å². The highest BCUT2D eigenvalue weighted by Gasteiger charge is 2.19. The number of nitrogens with zero attached hydrogens (tertiary/aromatic N) is 4. The van der Waals surface area contributed by atoms with Gasteiger partial charge in [0.25, 0.3) is 0 Å². The van der Waals surface area contributed by atoms with Gasteiger partial charge in [-0.25, -0.2) is 18.3 Å². The Labute approximate surface area is 476 Å². The van der Waals surface area contributed by atoms with Crippen molar-refractivity contribution in [3.05, 3.63) is 213 Å². The van der Waals surface area contributed by atoms with E-state index < -0.39 is 26.4 Å². The van der Waals surface area contributed by atoms with Gasteiger partial charge in [0.1, 0.15) is 28.2 Å². The van der Waals surface area contributed by atoms with E-state index in [0.717, 1.165) is 46.5 Å². The summed E-state index contributed by atoms with van der Waals surface area (Å²) in [6, 6.07) is 40.3. The maximum absolute atomic E-state index is 8.36. The van der Waals surface area contributed by atoms with Crippen molar-refractivity contribution in [3.8, 4) is 45.0 Å². The van der Waals surface area contributed by atoms with Gasteiger partial charge in [-0.05, 0) is 174 Å². The number of aryl methyl sites for hydroxylation is 12. The van der Waals surface area contributed by atoms with Gasteiger partial charge in [0.2, 0.25) is 22.8 Å². The topological polar surface area (TPSA) is 15.5 Å². The minimum absolute atomic E-state index is 0.0811. The van der Waals surface area contributed by atoms with Crippen molar-refractivity contribution in [3.63, 3.8) is 0 Å². The van der Waals surface area contributed by atoms with Crippen molar-refractivity contribution >= 4 is 0 Å². The van der Waals surface area contributed by atoms with Crippen LogP contribution in [-0.4, -0.2) is 0 Å². The number of rotatable bonds is 12. The molecule has 0 saturated heterocycles. The lowest BCUT2D eigenvalue weighted by Crippen LogP contribution is -2.32. The zero-order valence-electron chi connectivity index (χ0n) is 59.4. The molecule has 4 heterocycles. The van der Waals surface area contributed by atoms with Crippen LogP contribution in [0.3, 0.4) is 0 Å². The smallest absolute Gasteiger partial charge is 0.201 e. The van der Waals surface area contributed by atoms with E-state index in [0.29, 0.717) is 23.0 Å². The predicted octanol–water partition coefficient (Wildman–Crippen LogP) is 16.0. The van der Waals surface area contributed by atoms with E-state index >= 15 is 0 Å². The van der Waals surface area contributed by atoms with E-state index in [1.54, 1.807) is 38.2 Å². The maximum atomic E-state index is 8.36. The van der Waals surface area contributed by atoms with Gasteiger partial charge >= 0.3 is 0 Å². The van der Waals surface area contributed by atoms with E-state index in [-0.39, 0.29) is 23.0 Å². The van der Waals surface area contributed by atoms with E-state index in [4.69, 9.17) is 13.7 Å². The third-order valence-corrected chi connectivity index (χ3v) is 13.4. The molecule has 0 unspecified atom stereocenters.